The fourth-order valence-electron chi connectivity index (χ4n) is 3.36. The lowest BCUT2D eigenvalue weighted by Gasteiger charge is -2.18. The van der Waals surface area contributed by atoms with Crippen molar-refractivity contribution in [3.8, 4) is 10.4 Å². The zero-order chi connectivity index (χ0) is 23.1. The Balaban J connectivity index is 1.74. The predicted octanol–water partition coefficient (Wildman–Crippen LogP) is 7.15. The fraction of sp³-hybridized carbons (Fsp3) is 0.308. The Bertz CT molecular complexity index is 1050. The molecular formula is C26H30N2O2S2. The third-order valence-corrected chi connectivity index (χ3v) is 6.80. The van der Waals surface area contributed by atoms with E-state index in [4.69, 9.17) is 17.0 Å². The van der Waals surface area contributed by atoms with Crippen molar-refractivity contribution in [2.24, 2.45) is 0 Å². The second-order valence-corrected chi connectivity index (χ2v) is 9.20. The van der Waals surface area contributed by atoms with Crippen LogP contribution in [0.5, 0.6) is 0 Å². The molecule has 2 N–H and O–H groups in total. The van der Waals surface area contributed by atoms with E-state index in [2.05, 4.69) is 55.7 Å². The van der Waals surface area contributed by atoms with Crippen molar-refractivity contribution < 1.29 is 9.53 Å². The number of carbonyl (C=O) groups is 1. The maximum atomic E-state index is 12.5. The molecule has 6 heteroatoms. The van der Waals surface area contributed by atoms with Crippen molar-refractivity contribution in [2.75, 3.05) is 11.9 Å². The maximum Gasteiger partial charge on any atom is 0.341 e. The van der Waals surface area contributed by atoms with Crippen LogP contribution >= 0.6 is 23.6 Å². The lowest BCUT2D eigenvalue weighted by atomic mass is 9.96. The third kappa shape index (κ3) is 5.96. The number of ether oxygens (including phenoxy) is 1. The average Bonchev–Trinajstić information content (AvgIpc) is 3.23. The van der Waals surface area contributed by atoms with Crippen molar-refractivity contribution in [3.63, 3.8) is 0 Å². The molecule has 168 valence electrons. The molecular weight excluding hydrogens is 436 g/mol. The monoisotopic (exact) mass is 466 g/mol. The predicted molar refractivity (Wildman–Crippen MR) is 139 cm³/mol. The Labute approximate surface area is 200 Å². The summed E-state index contributed by atoms with van der Waals surface area (Å²) in [5.74, 6) is 0.193. The molecule has 1 aromatic heterocycles. The molecule has 2 aromatic carbocycles. The van der Waals surface area contributed by atoms with E-state index in [1.165, 1.54) is 16.9 Å². The van der Waals surface area contributed by atoms with E-state index in [0.29, 0.717) is 28.2 Å². The van der Waals surface area contributed by atoms with Gasteiger partial charge in [-0.1, -0.05) is 68.4 Å². The first kappa shape index (κ1) is 24.0. The van der Waals surface area contributed by atoms with E-state index < -0.39 is 0 Å². The molecule has 0 aliphatic rings. The molecule has 2 unspecified atom stereocenters. The average molecular weight is 467 g/mol. The van der Waals surface area contributed by atoms with Gasteiger partial charge in [-0.2, -0.15) is 0 Å². The van der Waals surface area contributed by atoms with Crippen LogP contribution in [0.2, 0.25) is 0 Å². The number of carbonyl (C=O) groups excluding carboxylic acids is 1. The van der Waals surface area contributed by atoms with Crippen LogP contribution in [0.3, 0.4) is 0 Å². The molecule has 0 amide bonds. The van der Waals surface area contributed by atoms with Gasteiger partial charge in [0.25, 0.3) is 0 Å². The first-order valence-corrected chi connectivity index (χ1v) is 12.2. The summed E-state index contributed by atoms with van der Waals surface area (Å²) in [6, 6.07) is 20.5. The first-order valence-electron chi connectivity index (χ1n) is 11.0. The minimum atomic E-state index is -0.357. The van der Waals surface area contributed by atoms with E-state index in [1.54, 1.807) is 6.92 Å². The normalized spacial score (nSPS) is 12.6. The van der Waals surface area contributed by atoms with Gasteiger partial charge in [-0.3, -0.25) is 0 Å². The molecule has 2 atom stereocenters. The van der Waals surface area contributed by atoms with Crippen LogP contribution in [-0.2, 0) is 4.74 Å². The van der Waals surface area contributed by atoms with Gasteiger partial charge < -0.3 is 15.4 Å². The first-order chi connectivity index (χ1) is 15.4. The van der Waals surface area contributed by atoms with Gasteiger partial charge in [0.15, 0.2) is 5.11 Å². The summed E-state index contributed by atoms with van der Waals surface area (Å²) in [5.41, 5.74) is 4.04. The highest BCUT2D eigenvalue weighted by molar-refractivity contribution is 7.80. The van der Waals surface area contributed by atoms with Gasteiger partial charge >= 0.3 is 5.97 Å². The number of nitrogens with one attached hydrogen (secondary N) is 2. The summed E-state index contributed by atoms with van der Waals surface area (Å²) in [4.78, 5) is 13.5. The Hall–Kier alpha value is -2.70. The summed E-state index contributed by atoms with van der Waals surface area (Å²) in [5, 5.41) is 7.69. The summed E-state index contributed by atoms with van der Waals surface area (Å²) < 4.78 is 5.25. The van der Waals surface area contributed by atoms with Crippen molar-refractivity contribution in [3.05, 3.63) is 77.4 Å². The molecule has 0 saturated carbocycles. The van der Waals surface area contributed by atoms with Gasteiger partial charge in [0, 0.05) is 4.88 Å². The van der Waals surface area contributed by atoms with E-state index in [-0.39, 0.29) is 12.0 Å². The van der Waals surface area contributed by atoms with Crippen LogP contribution in [0.1, 0.15) is 67.6 Å². The molecule has 0 spiro atoms. The number of thiocarbonyl (C=S) groups is 1. The number of hydrogen-bond acceptors (Lipinski definition) is 4. The third-order valence-electron chi connectivity index (χ3n) is 5.48. The van der Waals surface area contributed by atoms with Gasteiger partial charge in [-0.05, 0) is 61.2 Å². The molecule has 0 bridgehead atoms. The van der Waals surface area contributed by atoms with E-state index in [0.717, 1.165) is 22.4 Å². The van der Waals surface area contributed by atoms with Crippen molar-refractivity contribution in [1.29, 1.82) is 0 Å². The highest BCUT2D eigenvalue weighted by Crippen LogP contribution is 2.36. The molecule has 3 aromatic rings. The molecule has 0 aliphatic heterocycles. The zero-order valence-electron chi connectivity index (χ0n) is 19.0. The quantitative estimate of drug-likeness (QED) is 0.273. The van der Waals surface area contributed by atoms with Crippen LogP contribution in [-0.4, -0.2) is 17.7 Å². The van der Waals surface area contributed by atoms with Gasteiger partial charge in [-0.25, -0.2) is 4.79 Å². The number of anilines is 1. The van der Waals surface area contributed by atoms with Crippen molar-refractivity contribution in [1.82, 2.24) is 5.32 Å². The number of rotatable bonds is 8. The Morgan fingerprint density at radius 3 is 2.31 bits per heavy atom. The molecule has 0 aliphatic carbocycles. The second-order valence-electron chi connectivity index (χ2n) is 7.74. The number of hydrogen-bond donors (Lipinski definition) is 2. The molecule has 32 heavy (non-hydrogen) atoms. The molecule has 0 saturated heterocycles. The molecule has 0 fully saturated rings. The number of benzene rings is 2. The van der Waals surface area contributed by atoms with Crippen LogP contribution < -0.4 is 10.6 Å². The fourth-order valence-corrected chi connectivity index (χ4v) is 4.76. The van der Waals surface area contributed by atoms with Crippen LogP contribution in [0.15, 0.2) is 60.7 Å². The van der Waals surface area contributed by atoms with Crippen molar-refractivity contribution in [2.45, 2.75) is 46.1 Å². The largest absolute Gasteiger partial charge is 0.462 e. The summed E-state index contributed by atoms with van der Waals surface area (Å²) >= 11 is 7.05. The Kier molecular flexibility index (Phi) is 8.42. The molecule has 3 rings (SSSR count). The van der Waals surface area contributed by atoms with Crippen LogP contribution in [0, 0.1) is 0 Å². The highest BCUT2D eigenvalue weighted by Gasteiger charge is 2.19. The number of esters is 1. The minimum Gasteiger partial charge on any atom is -0.462 e. The molecule has 0 radical (unpaired) electrons. The van der Waals surface area contributed by atoms with Gasteiger partial charge in [-0.15, -0.1) is 11.3 Å². The second kappa shape index (κ2) is 11.2. The zero-order valence-corrected chi connectivity index (χ0v) is 20.6. The lowest BCUT2D eigenvalue weighted by Crippen LogP contribution is -2.31. The van der Waals surface area contributed by atoms with E-state index in [1.807, 2.05) is 36.4 Å². The SMILES string of the molecule is CCOC(=O)c1cc(-c2ccccc2)sc1NC(=S)NC(C)c1ccc(C(C)CC)cc1. The minimum absolute atomic E-state index is 0.0283. The molecule has 4 nitrogen and oxygen atoms in total. The number of thiophene rings is 1. The maximum absolute atomic E-state index is 12.5. The lowest BCUT2D eigenvalue weighted by molar-refractivity contribution is 0.0528. The topological polar surface area (TPSA) is 50.4 Å². The van der Waals surface area contributed by atoms with Crippen molar-refractivity contribution >= 4 is 39.6 Å². The summed E-state index contributed by atoms with van der Waals surface area (Å²) in [6.07, 6.45) is 1.12. The summed E-state index contributed by atoms with van der Waals surface area (Å²) in [6.45, 7) is 8.63. The summed E-state index contributed by atoms with van der Waals surface area (Å²) in [7, 11) is 0. The van der Waals surface area contributed by atoms with Gasteiger partial charge in [0.2, 0.25) is 0 Å². The Morgan fingerprint density at radius 1 is 1.03 bits per heavy atom. The highest BCUT2D eigenvalue weighted by atomic mass is 32.1. The Morgan fingerprint density at radius 2 is 1.69 bits per heavy atom. The standard InChI is InChI=1S/C26H30N2O2S2/c1-5-17(3)19-12-14-20(15-13-19)18(4)27-26(31)28-24-22(25(29)30-6-2)16-23(32-24)21-10-8-7-9-11-21/h7-18H,5-6H2,1-4H3,(H2,27,28,31). The van der Waals surface area contributed by atoms with E-state index in [9.17, 15) is 4.79 Å². The van der Waals surface area contributed by atoms with Gasteiger partial charge in [0.1, 0.15) is 5.00 Å². The van der Waals surface area contributed by atoms with E-state index >= 15 is 0 Å². The molecule has 1 heterocycles. The van der Waals surface area contributed by atoms with Gasteiger partial charge in [0.05, 0.1) is 18.2 Å². The van der Waals surface area contributed by atoms with Crippen LogP contribution in [0.25, 0.3) is 10.4 Å². The smallest absolute Gasteiger partial charge is 0.341 e. The van der Waals surface area contributed by atoms with Crippen LogP contribution in [0.4, 0.5) is 5.00 Å².